The van der Waals surface area contributed by atoms with Gasteiger partial charge in [0.05, 0.1) is 34.8 Å². The molecule has 182 valence electrons. The first kappa shape index (κ1) is 23.5. The maximum absolute atomic E-state index is 13.7. The van der Waals surface area contributed by atoms with Crippen molar-refractivity contribution < 1.29 is 14.3 Å². The molecule has 0 spiro atoms. The van der Waals surface area contributed by atoms with Gasteiger partial charge in [0.1, 0.15) is 5.75 Å². The van der Waals surface area contributed by atoms with Crippen LogP contribution in [0.25, 0.3) is 21.6 Å². The van der Waals surface area contributed by atoms with Crippen LogP contribution in [0.5, 0.6) is 5.75 Å². The molecule has 0 bridgehead atoms. The van der Waals surface area contributed by atoms with E-state index in [0.717, 1.165) is 40.2 Å². The molecule has 8 heteroatoms. The van der Waals surface area contributed by atoms with Gasteiger partial charge in [-0.3, -0.25) is 4.79 Å². The predicted molar refractivity (Wildman–Crippen MR) is 138 cm³/mol. The van der Waals surface area contributed by atoms with Gasteiger partial charge >= 0.3 is 0 Å². The quantitative estimate of drug-likeness (QED) is 0.384. The van der Waals surface area contributed by atoms with Crippen LogP contribution in [0.1, 0.15) is 48.7 Å². The largest absolute Gasteiger partial charge is 0.497 e. The van der Waals surface area contributed by atoms with Gasteiger partial charge in [-0.05, 0) is 61.9 Å². The molecule has 4 aromatic rings. The molecule has 0 atom stereocenters. The summed E-state index contributed by atoms with van der Waals surface area (Å²) >= 11 is 1.61. The van der Waals surface area contributed by atoms with Crippen molar-refractivity contribution in [1.82, 2.24) is 20.1 Å². The lowest BCUT2D eigenvalue weighted by atomic mass is 9.74. The van der Waals surface area contributed by atoms with Crippen LogP contribution in [0.3, 0.4) is 0 Å². The highest BCUT2D eigenvalue weighted by atomic mass is 32.1. The maximum atomic E-state index is 13.7. The molecular weight excluding hydrogens is 460 g/mol. The number of thiophene rings is 1. The fraction of sp³-hybridized carbons (Fsp3) is 0.370. The van der Waals surface area contributed by atoms with Crippen molar-refractivity contribution >= 4 is 28.3 Å². The SMILES string of the molecule is COc1ccc(C2(CNC(=O)c3cc(-c4cccs4)nc4c3cnn4C(C)C)CCOCC2)cc1. The standard InChI is InChI=1S/C27H30N4O3S/c1-18(2)31-25-22(16-29-31)21(15-23(30-25)24-5-4-14-35-24)26(32)28-17-27(10-12-34-13-11-27)19-6-8-20(33-3)9-7-19/h4-9,14-16,18H,10-13,17H2,1-3H3,(H,28,32). The van der Waals surface area contributed by atoms with Crippen LogP contribution in [0, 0.1) is 0 Å². The van der Waals surface area contributed by atoms with Gasteiger partial charge in [-0.1, -0.05) is 18.2 Å². The number of hydrogen-bond donors (Lipinski definition) is 1. The Morgan fingerprint density at radius 1 is 1.23 bits per heavy atom. The summed E-state index contributed by atoms with van der Waals surface area (Å²) in [5.41, 5.74) is 3.12. The average Bonchev–Trinajstić information content (AvgIpc) is 3.58. The Hall–Kier alpha value is -3.23. The average molecular weight is 491 g/mol. The second-order valence-electron chi connectivity index (χ2n) is 9.26. The van der Waals surface area contributed by atoms with Crippen molar-refractivity contribution in [2.45, 2.75) is 38.1 Å². The van der Waals surface area contributed by atoms with Crippen LogP contribution in [-0.4, -0.2) is 47.5 Å². The second kappa shape index (κ2) is 9.79. The molecule has 1 aliphatic heterocycles. The highest BCUT2D eigenvalue weighted by Crippen LogP contribution is 2.36. The van der Waals surface area contributed by atoms with Crippen molar-refractivity contribution in [2.75, 3.05) is 26.9 Å². The van der Waals surface area contributed by atoms with Crippen LogP contribution < -0.4 is 10.1 Å². The summed E-state index contributed by atoms with van der Waals surface area (Å²) in [5, 5.41) is 10.6. The molecule has 0 aliphatic carbocycles. The molecule has 1 N–H and O–H groups in total. The van der Waals surface area contributed by atoms with E-state index >= 15 is 0 Å². The molecule has 3 aromatic heterocycles. The van der Waals surface area contributed by atoms with Gasteiger partial charge in [0.25, 0.3) is 5.91 Å². The number of aromatic nitrogens is 3. The molecule has 0 unspecified atom stereocenters. The lowest BCUT2D eigenvalue weighted by Crippen LogP contribution is -2.44. The molecule has 35 heavy (non-hydrogen) atoms. The third-order valence-corrected chi connectivity index (χ3v) is 7.71. The number of carbonyl (C=O) groups excluding carboxylic acids is 1. The normalized spacial score (nSPS) is 15.4. The van der Waals surface area contributed by atoms with Gasteiger partial charge in [-0.2, -0.15) is 5.10 Å². The van der Waals surface area contributed by atoms with E-state index in [4.69, 9.17) is 14.5 Å². The highest BCUT2D eigenvalue weighted by Gasteiger charge is 2.35. The molecule has 1 saturated heterocycles. The van der Waals surface area contributed by atoms with E-state index in [0.29, 0.717) is 25.3 Å². The Balaban J connectivity index is 1.48. The zero-order chi connectivity index (χ0) is 24.4. The molecule has 7 nitrogen and oxygen atoms in total. The summed E-state index contributed by atoms with van der Waals surface area (Å²) in [7, 11) is 1.67. The minimum atomic E-state index is -0.189. The third kappa shape index (κ3) is 4.56. The number of amides is 1. The Morgan fingerprint density at radius 3 is 2.66 bits per heavy atom. The number of methoxy groups -OCH3 is 1. The zero-order valence-corrected chi connectivity index (χ0v) is 21.1. The monoisotopic (exact) mass is 490 g/mol. The third-order valence-electron chi connectivity index (χ3n) is 6.81. The van der Waals surface area contributed by atoms with Gasteiger partial charge in [0.2, 0.25) is 0 Å². The van der Waals surface area contributed by atoms with Crippen molar-refractivity contribution in [3.05, 3.63) is 65.2 Å². The number of hydrogen-bond acceptors (Lipinski definition) is 6. The molecule has 0 radical (unpaired) electrons. The van der Waals surface area contributed by atoms with Gasteiger partial charge < -0.3 is 14.8 Å². The number of rotatable bonds is 7. The van der Waals surface area contributed by atoms with Gasteiger partial charge in [-0.25, -0.2) is 9.67 Å². The number of pyridine rings is 1. The van der Waals surface area contributed by atoms with Crippen LogP contribution in [0.4, 0.5) is 0 Å². The molecule has 0 saturated carbocycles. The Kier molecular flexibility index (Phi) is 6.58. The number of carbonyl (C=O) groups is 1. The van der Waals surface area contributed by atoms with E-state index in [9.17, 15) is 4.79 Å². The molecule has 5 rings (SSSR count). The molecule has 4 heterocycles. The van der Waals surface area contributed by atoms with E-state index in [1.807, 2.05) is 40.4 Å². The van der Waals surface area contributed by atoms with Crippen molar-refractivity contribution in [2.24, 2.45) is 0 Å². The first-order valence-corrected chi connectivity index (χ1v) is 12.8. The Morgan fingerprint density at radius 2 is 2.00 bits per heavy atom. The summed E-state index contributed by atoms with van der Waals surface area (Å²) in [6.45, 7) is 6.00. The van der Waals surface area contributed by atoms with E-state index in [2.05, 4.69) is 36.4 Å². The smallest absolute Gasteiger partial charge is 0.252 e. The summed E-state index contributed by atoms with van der Waals surface area (Å²) in [4.78, 5) is 19.5. The minimum Gasteiger partial charge on any atom is -0.497 e. The Bertz CT molecular complexity index is 1310. The number of benzene rings is 1. The van der Waals surface area contributed by atoms with E-state index in [1.165, 1.54) is 5.56 Å². The van der Waals surface area contributed by atoms with E-state index in [-0.39, 0.29) is 17.4 Å². The number of nitrogens with zero attached hydrogens (tertiary/aromatic N) is 3. The summed E-state index contributed by atoms with van der Waals surface area (Å²) in [5.74, 6) is 0.709. The van der Waals surface area contributed by atoms with Gasteiger partial charge in [0.15, 0.2) is 5.65 Å². The van der Waals surface area contributed by atoms with Crippen molar-refractivity contribution in [3.63, 3.8) is 0 Å². The van der Waals surface area contributed by atoms with Gasteiger partial charge in [-0.15, -0.1) is 11.3 Å². The number of nitrogens with one attached hydrogen (secondary N) is 1. The summed E-state index contributed by atoms with van der Waals surface area (Å²) in [6.07, 6.45) is 3.44. The van der Waals surface area contributed by atoms with Crippen LogP contribution in [0.2, 0.25) is 0 Å². The fourth-order valence-corrected chi connectivity index (χ4v) is 5.44. The molecule has 1 fully saturated rings. The van der Waals surface area contributed by atoms with Crippen molar-refractivity contribution in [3.8, 4) is 16.3 Å². The molecular formula is C27H30N4O3S. The summed E-state index contributed by atoms with van der Waals surface area (Å²) in [6, 6.07) is 14.2. The second-order valence-corrected chi connectivity index (χ2v) is 10.2. The lowest BCUT2D eigenvalue weighted by Gasteiger charge is -2.38. The number of ether oxygens (including phenoxy) is 2. The van der Waals surface area contributed by atoms with Crippen LogP contribution in [-0.2, 0) is 10.2 Å². The first-order chi connectivity index (χ1) is 17.0. The van der Waals surface area contributed by atoms with Gasteiger partial charge in [0, 0.05) is 31.2 Å². The fourth-order valence-electron chi connectivity index (χ4n) is 4.75. The van der Waals surface area contributed by atoms with E-state index in [1.54, 1.807) is 24.6 Å². The van der Waals surface area contributed by atoms with E-state index < -0.39 is 0 Å². The topological polar surface area (TPSA) is 78.3 Å². The number of fused-ring (bicyclic) bond motifs is 1. The molecule has 1 aliphatic rings. The zero-order valence-electron chi connectivity index (χ0n) is 20.3. The highest BCUT2D eigenvalue weighted by molar-refractivity contribution is 7.13. The van der Waals surface area contributed by atoms with Crippen molar-refractivity contribution in [1.29, 1.82) is 0 Å². The Labute approximate surface area is 209 Å². The molecule has 1 amide bonds. The molecule has 1 aromatic carbocycles. The lowest BCUT2D eigenvalue weighted by molar-refractivity contribution is 0.0487. The predicted octanol–water partition coefficient (Wildman–Crippen LogP) is 5.23. The maximum Gasteiger partial charge on any atom is 0.252 e. The van der Waals surface area contributed by atoms with Crippen LogP contribution in [0.15, 0.2) is 54.0 Å². The van der Waals surface area contributed by atoms with Crippen LogP contribution >= 0.6 is 11.3 Å². The summed E-state index contributed by atoms with van der Waals surface area (Å²) < 4.78 is 12.9. The minimum absolute atomic E-state index is 0.113. The first-order valence-electron chi connectivity index (χ1n) is 11.9.